The Morgan fingerprint density at radius 2 is 2.07 bits per heavy atom. The molecule has 0 radical (unpaired) electrons. The highest BCUT2D eigenvalue weighted by molar-refractivity contribution is 5.76. The Morgan fingerprint density at radius 1 is 1.43 bits per heavy atom. The molecule has 0 heterocycles. The van der Waals surface area contributed by atoms with Gasteiger partial charge in [0, 0.05) is 0 Å². The molecule has 0 aliphatic heterocycles. The van der Waals surface area contributed by atoms with Crippen LogP contribution in [0.1, 0.15) is 11.1 Å². The van der Waals surface area contributed by atoms with Crippen molar-refractivity contribution < 1.29 is 9.53 Å². The van der Waals surface area contributed by atoms with Gasteiger partial charge >= 0.3 is 5.97 Å². The van der Waals surface area contributed by atoms with Gasteiger partial charge in [-0.1, -0.05) is 6.07 Å². The Kier molecular flexibility index (Phi) is 2.96. The molecule has 0 bridgehead atoms. The second-order valence-electron chi connectivity index (χ2n) is 3.11. The van der Waals surface area contributed by atoms with Gasteiger partial charge in [0.1, 0.15) is 0 Å². The Bertz CT molecular complexity index is 361. The summed E-state index contributed by atoms with van der Waals surface area (Å²) in [5, 5.41) is 0. The van der Waals surface area contributed by atoms with E-state index in [9.17, 15) is 4.79 Å². The first-order valence-corrected chi connectivity index (χ1v) is 4.26. The van der Waals surface area contributed by atoms with Crippen molar-refractivity contribution in [3.8, 4) is 0 Å². The Labute approximate surface area is 82.8 Å². The Morgan fingerprint density at radius 3 is 2.64 bits per heavy atom. The van der Waals surface area contributed by atoms with E-state index >= 15 is 0 Å². The van der Waals surface area contributed by atoms with Crippen LogP contribution >= 0.6 is 0 Å². The number of anilines is 2. The molecule has 0 aliphatic carbocycles. The summed E-state index contributed by atoms with van der Waals surface area (Å²) in [6.45, 7) is 1.84. The fourth-order valence-corrected chi connectivity index (χ4v) is 1.21. The average Bonchev–Trinajstić information content (AvgIpc) is 2.19. The Balaban J connectivity index is 3.00. The first-order valence-electron chi connectivity index (χ1n) is 4.26. The van der Waals surface area contributed by atoms with Crippen LogP contribution in [0.25, 0.3) is 0 Å². The van der Waals surface area contributed by atoms with Crippen molar-refractivity contribution in [2.75, 3.05) is 18.6 Å². The molecule has 4 nitrogen and oxygen atoms in total. The zero-order valence-corrected chi connectivity index (χ0v) is 8.33. The van der Waals surface area contributed by atoms with Crippen LogP contribution in [0.15, 0.2) is 12.1 Å². The summed E-state index contributed by atoms with van der Waals surface area (Å²) in [6.07, 6.45) is 0.229. The molecule has 0 amide bonds. The normalized spacial score (nSPS) is 9.86. The number of benzene rings is 1. The third-order valence-corrected chi connectivity index (χ3v) is 2.22. The van der Waals surface area contributed by atoms with Gasteiger partial charge in [-0.15, -0.1) is 0 Å². The van der Waals surface area contributed by atoms with E-state index in [2.05, 4.69) is 4.74 Å². The summed E-state index contributed by atoms with van der Waals surface area (Å²) in [5.74, 6) is -0.280. The molecule has 76 valence electrons. The molecular formula is C10H14N2O2. The van der Waals surface area contributed by atoms with Crippen LogP contribution in [0.3, 0.4) is 0 Å². The number of carbonyl (C=O) groups excluding carboxylic acids is 1. The van der Waals surface area contributed by atoms with Crippen LogP contribution in [0, 0.1) is 6.92 Å². The van der Waals surface area contributed by atoms with Crippen molar-refractivity contribution in [1.82, 2.24) is 0 Å². The third-order valence-electron chi connectivity index (χ3n) is 2.22. The number of esters is 1. The number of hydrogen-bond acceptors (Lipinski definition) is 4. The number of hydrogen-bond donors (Lipinski definition) is 2. The van der Waals surface area contributed by atoms with E-state index in [4.69, 9.17) is 11.5 Å². The molecule has 1 rings (SSSR count). The van der Waals surface area contributed by atoms with E-state index < -0.39 is 0 Å². The van der Waals surface area contributed by atoms with Crippen molar-refractivity contribution >= 4 is 17.3 Å². The first kappa shape index (κ1) is 10.4. The summed E-state index contributed by atoms with van der Waals surface area (Å²) in [6, 6.07) is 3.48. The first-order chi connectivity index (χ1) is 6.56. The lowest BCUT2D eigenvalue weighted by molar-refractivity contribution is -0.139. The molecule has 4 N–H and O–H groups in total. The molecule has 1 aromatic carbocycles. The third kappa shape index (κ3) is 1.96. The average molecular weight is 194 g/mol. The summed E-state index contributed by atoms with van der Waals surface area (Å²) in [4.78, 5) is 11.0. The van der Waals surface area contributed by atoms with Crippen LogP contribution in [0.5, 0.6) is 0 Å². The molecule has 0 unspecified atom stereocenters. The van der Waals surface area contributed by atoms with Gasteiger partial charge in [-0.25, -0.2) is 0 Å². The number of carbonyl (C=O) groups is 1. The van der Waals surface area contributed by atoms with Gasteiger partial charge in [0.05, 0.1) is 24.9 Å². The van der Waals surface area contributed by atoms with Crippen LogP contribution in [0.4, 0.5) is 11.4 Å². The Hall–Kier alpha value is -1.71. The van der Waals surface area contributed by atoms with Crippen LogP contribution in [-0.2, 0) is 16.0 Å². The predicted octanol–water partition coefficient (Wildman–Crippen LogP) is 0.875. The molecule has 0 aromatic heterocycles. The topological polar surface area (TPSA) is 78.3 Å². The molecule has 4 heteroatoms. The number of nitrogen functional groups attached to an aromatic ring is 2. The zero-order valence-electron chi connectivity index (χ0n) is 8.33. The zero-order chi connectivity index (χ0) is 10.7. The molecular weight excluding hydrogens is 180 g/mol. The van der Waals surface area contributed by atoms with Crippen LogP contribution < -0.4 is 11.5 Å². The quantitative estimate of drug-likeness (QED) is 0.541. The van der Waals surface area contributed by atoms with Gasteiger partial charge in [-0.3, -0.25) is 4.79 Å². The van der Waals surface area contributed by atoms with Gasteiger partial charge in [-0.2, -0.15) is 0 Å². The summed E-state index contributed by atoms with van der Waals surface area (Å²) in [5.41, 5.74) is 14.1. The fourth-order valence-electron chi connectivity index (χ4n) is 1.21. The van der Waals surface area contributed by atoms with E-state index in [-0.39, 0.29) is 12.4 Å². The van der Waals surface area contributed by atoms with Crippen molar-refractivity contribution in [3.63, 3.8) is 0 Å². The SMILES string of the molecule is COC(=O)Cc1ccc(N)c(N)c1C. The number of nitrogens with two attached hydrogens (primary N) is 2. The van der Waals surface area contributed by atoms with Crippen molar-refractivity contribution in [1.29, 1.82) is 0 Å². The number of methoxy groups -OCH3 is 1. The second-order valence-corrected chi connectivity index (χ2v) is 3.11. The van der Waals surface area contributed by atoms with Gasteiger partial charge in [0.15, 0.2) is 0 Å². The van der Waals surface area contributed by atoms with E-state index in [1.165, 1.54) is 7.11 Å². The van der Waals surface area contributed by atoms with E-state index in [0.29, 0.717) is 11.4 Å². The van der Waals surface area contributed by atoms with Gasteiger partial charge < -0.3 is 16.2 Å². The van der Waals surface area contributed by atoms with Crippen molar-refractivity contribution in [2.24, 2.45) is 0 Å². The summed E-state index contributed by atoms with van der Waals surface area (Å²) < 4.78 is 4.57. The lowest BCUT2D eigenvalue weighted by atomic mass is 10.0. The standard InChI is InChI=1S/C10H14N2O2/c1-6-7(5-9(13)14-2)3-4-8(11)10(6)12/h3-4H,5,11-12H2,1-2H3. The predicted molar refractivity (Wildman–Crippen MR) is 55.7 cm³/mol. The maximum absolute atomic E-state index is 11.0. The number of ether oxygens (including phenoxy) is 1. The molecule has 0 saturated heterocycles. The van der Waals surface area contributed by atoms with Crippen molar-refractivity contribution in [3.05, 3.63) is 23.3 Å². The molecule has 14 heavy (non-hydrogen) atoms. The minimum absolute atomic E-state index is 0.229. The monoisotopic (exact) mass is 194 g/mol. The fraction of sp³-hybridized carbons (Fsp3) is 0.300. The van der Waals surface area contributed by atoms with E-state index in [1.807, 2.05) is 6.92 Å². The van der Waals surface area contributed by atoms with Gasteiger partial charge in [0.2, 0.25) is 0 Å². The maximum atomic E-state index is 11.0. The highest BCUT2D eigenvalue weighted by Gasteiger charge is 2.08. The van der Waals surface area contributed by atoms with Gasteiger partial charge in [0.25, 0.3) is 0 Å². The van der Waals surface area contributed by atoms with Crippen LogP contribution in [0.2, 0.25) is 0 Å². The summed E-state index contributed by atoms with van der Waals surface area (Å²) >= 11 is 0. The highest BCUT2D eigenvalue weighted by atomic mass is 16.5. The lowest BCUT2D eigenvalue weighted by Crippen LogP contribution is -2.08. The molecule has 0 saturated carbocycles. The molecule has 0 fully saturated rings. The van der Waals surface area contributed by atoms with E-state index in [0.717, 1.165) is 11.1 Å². The summed E-state index contributed by atoms with van der Waals surface area (Å²) in [7, 11) is 1.36. The number of rotatable bonds is 2. The molecule has 0 spiro atoms. The minimum atomic E-state index is -0.280. The maximum Gasteiger partial charge on any atom is 0.309 e. The lowest BCUT2D eigenvalue weighted by Gasteiger charge is -2.09. The van der Waals surface area contributed by atoms with Crippen LogP contribution in [-0.4, -0.2) is 13.1 Å². The smallest absolute Gasteiger partial charge is 0.309 e. The highest BCUT2D eigenvalue weighted by Crippen LogP contribution is 2.23. The second kappa shape index (κ2) is 4.00. The van der Waals surface area contributed by atoms with Gasteiger partial charge in [-0.05, 0) is 24.1 Å². The molecule has 0 aliphatic rings. The van der Waals surface area contributed by atoms with Crippen molar-refractivity contribution in [2.45, 2.75) is 13.3 Å². The largest absolute Gasteiger partial charge is 0.469 e. The minimum Gasteiger partial charge on any atom is -0.469 e. The molecule has 0 atom stereocenters. The molecule has 1 aromatic rings. The van der Waals surface area contributed by atoms with E-state index in [1.54, 1.807) is 12.1 Å².